The molecular weight excluding hydrogens is 362 g/mol. The van der Waals surface area contributed by atoms with Crippen molar-refractivity contribution in [3.8, 4) is 0 Å². The summed E-state index contributed by atoms with van der Waals surface area (Å²) in [6.45, 7) is 10.2. The zero-order valence-corrected chi connectivity index (χ0v) is 18.5. The van der Waals surface area contributed by atoms with Gasteiger partial charge in [-0.05, 0) is 37.3 Å². The third kappa shape index (κ3) is 7.00. The number of benzene rings is 1. The van der Waals surface area contributed by atoms with E-state index in [-0.39, 0.29) is 23.3 Å². The summed E-state index contributed by atoms with van der Waals surface area (Å²) in [4.78, 5) is 27.8. The number of nitrogens with one attached hydrogen (secondary N) is 2. The second-order valence-electron chi connectivity index (χ2n) is 9.48. The number of carbonyl (C=O) groups is 2. The van der Waals surface area contributed by atoms with E-state index in [1.165, 1.54) is 10.9 Å². The molecule has 2 aromatic rings. The number of nitrogens with two attached hydrogens (primary N) is 1. The summed E-state index contributed by atoms with van der Waals surface area (Å²) in [5.41, 5.74) is 7.26. The van der Waals surface area contributed by atoms with Crippen molar-refractivity contribution in [3.05, 3.63) is 36.0 Å². The molecule has 0 radical (unpaired) electrons. The summed E-state index contributed by atoms with van der Waals surface area (Å²) in [6.07, 6.45) is 5.47. The normalized spacial score (nSPS) is 14.3. The van der Waals surface area contributed by atoms with Gasteiger partial charge in [0.1, 0.15) is 5.78 Å². The van der Waals surface area contributed by atoms with Gasteiger partial charge in [0.05, 0.1) is 0 Å². The van der Waals surface area contributed by atoms with Crippen LogP contribution in [0.4, 0.5) is 0 Å². The van der Waals surface area contributed by atoms with Gasteiger partial charge in [0, 0.05) is 46.9 Å². The molecular formula is C24H37N3O2. The van der Waals surface area contributed by atoms with E-state index in [4.69, 9.17) is 5.73 Å². The first-order valence-corrected chi connectivity index (χ1v) is 10.7. The molecule has 2 rings (SSSR count). The first-order valence-electron chi connectivity index (χ1n) is 10.7. The van der Waals surface area contributed by atoms with Gasteiger partial charge in [0.2, 0.25) is 5.91 Å². The number of primary amides is 1. The molecule has 4 N–H and O–H groups in total. The average molecular weight is 400 g/mol. The van der Waals surface area contributed by atoms with Crippen molar-refractivity contribution >= 4 is 22.6 Å². The molecule has 0 saturated heterocycles. The summed E-state index contributed by atoms with van der Waals surface area (Å²) >= 11 is 0. The van der Waals surface area contributed by atoms with Gasteiger partial charge >= 0.3 is 0 Å². The van der Waals surface area contributed by atoms with Crippen LogP contribution in [0.2, 0.25) is 0 Å². The number of H-pyrrole nitrogens is 1. The Morgan fingerprint density at radius 2 is 1.79 bits per heavy atom. The van der Waals surface area contributed by atoms with Crippen LogP contribution >= 0.6 is 0 Å². The molecule has 0 bridgehead atoms. The topological polar surface area (TPSA) is 88.0 Å². The first-order chi connectivity index (χ1) is 13.6. The number of rotatable bonds is 11. The van der Waals surface area contributed by atoms with Crippen LogP contribution in [0.25, 0.3) is 10.9 Å². The highest BCUT2D eigenvalue weighted by molar-refractivity contribution is 5.88. The molecule has 29 heavy (non-hydrogen) atoms. The first kappa shape index (κ1) is 23.1. The number of hydrogen-bond donors (Lipinski definition) is 3. The SMILES string of the molecule is CC(C)NC(CCC(N)=O)CC[C@@H](Cc1c[nH]c2ccccc12)C(=O)C(C)(C)C. The van der Waals surface area contributed by atoms with Gasteiger partial charge in [0.15, 0.2) is 0 Å². The average Bonchev–Trinajstić information content (AvgIpc) is 3.04. The minimum Gasteiger partial charge on any atom is -0.370 e. The van der Waals surface area contributed by atoms with Crippen molar-refractivity contribution in [1.82, 2.24) is 10.3 Å². The number of hydrogen-bond acceptors (Lipinski definition) is 3. The van der Waals surface area contributed by atoms with Gasteiger partial charge in [-0.3, -0.25) is 9.59 Å². The standard InChI is InChI=1S/C24H37N3O2/c1-16(2)27-19(12-13-22(25)28)11-10-17(23(29)24(3,4)5)14-18-15-26-21-9-7-6-8-20(18)21/h6-9,15-17,19,26-27H,10-14H2,1-5H3,(H2,25,28)/t17-,19?/m0/s1. The number of ketones is 1. The Kier molecular flexibility index (Phi) is 8.03. The number of amides is 1. The summed E-state index contributed by atoms with van der Waals surface area (Å²) in [5, 5.41) is 4.72. The van der Waals surface area contributed by atoms with E-state index in [1.807, 2.05) is 39.1 Å². The lowest BCUT2D eigenvalue weighted by Gasteiger charge is -2.27. The number of fused-ring (bicyclic) bond motifs is 1. The smallest absolute Gasteiger partial charge is 0.217 e. The molecule has 5 heteroatoms. The van der Waals surface area contributed by atoms with Crippen molar-refractivity contribution in [2.24, 2.45) is 17.1 Å². The molecule has 0 aliphatic heterocycles. The zero-order valence-electron chi connectivity index (χ0n) is 18.5. The lowest BCUT2D eigenvalue weighted by atomic mass is 9.78. The molecule has 1 aromatic heterocycles. The molecule has 1 heterocycles. The highest BCUT2D eigenvalue weighted by Crippen LogP contribution is 2.29. The summed E-state index contributed by atoms with van der Waals surface area (Å²) in [7, 11) is 0. The molecule has 160 valence electrons. The molecule has 0 spiro atoms. The van der Waals surface area contributed by atoms with Crippen molar-refractivity contribution in [2.45, 2.75) is 78.8 Å². The van der Waals surface area contributed by atoms with E-state index in [2.05, 4.69) is 36.3 Å². The fourth-order valence-corrected chi connectivity index (χ4v) is 4.01. The zero-order chi connectivity index (χ0) is 21.6. The lowest BCUT2D eigenvalue weighted by Crippen LogP contribution is -2.37. The van der Waals surface area contributed by atoms with Crippen LogP contribution in [0.1, 0.15) is 65.9 Å². The van der Waals surface area contributed by atoms with Crippen LogP contribution < -0.4 is 11.1 Å². The molecule has 1 amide bonds. The van der Waals surface area contributed by atoms with Crippen LogP contribution in [0.5, 0.6) is 0 Å². The predicted octanol–water partition coefficient (Wildman–Crippen LogP) is 4.35. The molecule has 5 nitrogen and oxygen atoms in total. The van der Waals surface area contributed by atoms with Gasteiger partial charge in [-0.1, -0.05) is 52.8 Å². The maximum absolute atomic E-state index is 13.2. The summed E-state index contributed by atoms with van der Waals surface area (Å²) in [5.74, 6) is -0.0399. The second kappa shape index (κ2) is 10.1. The Morgan fingerprint density at radius 3 is 2.41 bits per heavy atom. The maximum Gasteiger partial charge on any atom is 0.217 e. The molecule has 1 aromatic carbocycles. The van der Waals surface area contributed by atoms with Crippen molar-refractivity contribution in [2.75, 3.05) is 0 Å². The van der Waals surface area contributed by atoms with Crippen molar-refractivity contribution < 1.29 is 9.59 Å². The van der Waals surface area contributed by atoms with Crippen LogP contribution in [-0.2, 0) is 16.0 Å². The fourth-order valence-electron chi connectivity index (χ4n) is 4.01. The predicted molar refractivity (Wildman–Crippen MR) is 120 cm³/mol. The third-order valence-electron chi connectivity index (χ3n) is 5.42. The van der Waals surface area contributed by atoms with E-state index in [1.54, 1.807) is 0 Å². The Bertz CT molecular complexity index is 817. The lowest BCUT2D eigenvalue weighted by molar-refractivity contribution is -0.130. The molecule has 0 fully saturated rings. The number of carbonyl (C=O) groups excluding carboxylic acids is 2. The monoisotopic (exact) mass is 399 g/mol. The molecule has 0 saturated carbocycles. The van der Waals surface area contributed by atoms with Gasteiger partial charge in [-0.2, -0.15) is 0 Å². The fraction of sp³-hybridized carbons (Fsp3) is 0.583. The largest absolute Gasteiger partial charge is 0.370 e. The van der Waals surface area contributed by atoms with Gasteiger partial charge in [-0.25, -0.2) is 0 Å². The summed E-state index contributed by atoms with van der Waals surface area (Å²) in [6, 6.07) is 8.72. The van der Waals surface area contributed by atoms with Crippen LogP contribution in [-0.4, -0.2) is 28.8 Å². The minimum absolute atomic E-state index is 0.0563. The van der Waals surface area contributed by atoms with E-state index in [0.29, 0.717) is 24.7 Å². The summed E-state index contributed by atoms with van der Waals surface area (Å²) < 4.78 is 0. The molecule has 2 atom stereocenters. The van der Waals surface area contributed by atoms with E-state index in [9.17, 15) is 9.59 Å². The molecule has 0 aliphatic carbocycles. The van der Waals surface area contributed by atoms with Gasteiger partial charge < -0.3 is 16.0 Å². The molecule has 1 unspecified atom stereocenters. The van der Waals surface area contributed by atoms with Gasteiger partial charge in [-0.15, -0.1) is 0 Å². The van der Waals surface area contributed by atoms with E-state index >= 15 is 0 Å². The number of Topliss-reactive ketones (excluding diaryl/α,β-unsaturated/α-hetero) is 1. The van der Waals surface area contributed by atoms with Crippen LogP contribution in [0.3, 0.4) is 0 Å². The van der Waals surface area contributed by atoms with Crippen LogP contribution in [0.15, 0.2) is 30.5 Å². The Morgan fingerprint density at radius 1 is 1.10 bits per heavy atom. The van der Waals surface area contributed by atoms with E-state index in [0.717, 1.165) is 24.8 Å². The number of aromatic nitrogens is 1. The minimum atomic E-state index is -0.384. The van der Waals surface area contributed by atoms with Gasteiger partial charge in [0.25, 0.3) is 0 Å². The Hall–Kier alpha value is -2.14. The molecule has 0 aliphatic rings. The quantitative estimate of drug-likeness (QED) is 0.525. The third-order valence-corrected chi connectivity index (χ3v) is 5.42. The maximum atomic E-state index is 13.2. The second-order valence-corrected chi connectivity index (χ2v) is 9.48. The Balaban J connectivity index is 2.16. The van der Waals surface area contributed by atoms with Crippen molar-refractivity contribution in [3.63, 3.8) is 0 Å². The van der Waals surface area contributed by atoms with Crippen LogP contribution in [0, 0.1) is 11.3 Å². The Labute approximate surface area is 174 Å². The van der Waals surface area contributed by atoms with E-state index < -0.39 is 0 Å². The highest BCUT2D eigenvalue weighted by atomic mass is 16.1. The van der Waals surface area contributed by atoms with Crippen molar-refractivity contribution in [1.29, 1.82) is 0 Å². The number of aromatic amines is 1. The highest BCUT2D eigenvalue weighted by Gasteiger charge is 2.30. The number of para-hydroxylation sites is 1.